The number of nitrogens with one attached hydrogen (secondary N) is 1. The van der Waals surface area contributed by atoms with E-state index in [1.54, 1.807) is 0 Å². The number of sulfonamides is 1. The van der Waals surface area contributed by atoms with Gasteiger partial charge in [-0.15, -0.1) is 0 Å². The number of piperidine rings is 1. The summed E-state index contributed by atoms with van der Waals surface area (Å²) < 4.78 is 25.2. The van der Waals surface area contributed by atoms with Crippen LogP contribution in [0.25, 0.3) is 0 Å². The molecule has 1 heterocycles. The van der Waals surface area contributed by atoms with Gasteiger partial charge in [0.25, 0.3) is 0 Å². The van der Waals surface area contributed by atoms with Gasteiger partial charge in [-0.05, 0) is 43.9 Å². The summed E-state index contributed by atoms with van der Waals surface area (Å²) in [4.78, 5) is 2.32. The Kier molecular flexibility index (Phi) is 3.80. The Morgan fingerprint density at radius 1 is 1.17 bits per heavy atom. The number of anilines is 2. The lowest BCUT2D eigenvalue weighted by Gasteiger charge is -2.29. The molecule has 18 heavy (non-hydrogen) atoms. The highest BCUT2D eigenvalue weighted by atomic mass is 32.2. The summed E-state index contributed by atoms with van der Waals surface area (Å²) in [6, 6.07) is 5.97. The molecular weight excluding hydrogens is 248 g/mol. The molecular formula is C13H20N2O2S. The molecule has 1 aliphatic rings. The third-order valence-corrected chi connectivity index (χ3v) is 3.83. The molecule has 1 saturated heterocycles. The van der Waals surface area contributed by atoms with Gasteiger partial charge >= 0.3 is 0 Å². The molecule has 0 radical (unpaired) electrons. The molecule has 0 saturated carbocycles. The monoisotopic (exact) mass is 268 g/mol. The SMILES string of the molecule is Cc1ccc(N2CCCCC2)cc1NS(C)(=O)=O. The lowest BCUT2D eigenvalue weighted by molar-refractivity contribution is 0.578. The zero-order valence-corrected chi connectivity index (χ0v) is 11.8. The minimum atomic E-state index is -3.22. The van der Waals surface area contributed by atoms with Crippen molar-refractivity contribution in [3.63, 3.8) is 0 Å². The zero-order chi connectivity index (χ0) is 13.2. The summed E-state index contributed by atoms with van der Waals surface area (Å²) in [5.41, 5.74) is 2.73. The molecule has 0 unspecified atom stereocenters. The summed E-state index contributed by atoms with van der Waals surface area (Å²) in [6.07, 6.45) is 4.89. The van der Waals surface area contributed by atoms with Crippen molar-refractivity contribution in [2.45, 2.75) is 26.2 Å². The van der Waals surface area contributed by atoms with Gasteiger partial charge in [0.1, 0.15) is 0 Å². The van der Waals surface area contributed by atoms with Crippen molar-refractivity contribution < 1.29 is 8.42 Å². The number of hydrogen-bond donors (Lipinski definition) is 1. The summed E-state index contributed by atoms with van der Waals surface area (Å²) in [7, 11) is -3.22. The van der Waals surface area contributed by atoms with Crippen molar-refractivity contribution in [2.24, 2.45) is 0 Å². The molecule has 0 bridgehead atoms. The summed E-state index contributed by atoms with van der Waals surface area (Å²) >= 11 is 0. The Balaban J connectivity index is 2.25. The highest BCUT2D eigenvalue weighted by molar-refractivity contribution is 7.92. The molecule has 1 aliphatic heterocycles. The summed E-state index contributed by atoms with van der Waals surface area (Å²) in [5, 5.41) is 0. The van der Waals surface area contributed by atoms with Crippen molar-refractivity contribution >= 4 is 21.4 Å². The third kappa shape index (κ3) is 3.38. The molecule has 0 aromatic heterocycles. The second-order valence-corrected chi connectivity index (χ2v) is 6.67. The van der Waals surface area contributed by atoms with Crippen molar-refractivity contribution in [3.05, 3.63) is 23.8 Å². The van der Waals surface area contributed by atoms with Gasteiger partial charge < -0.3 is 4.90 Å². The van der Waals surface area contributed by atoms with Gasteiger partial charge in [0, 0.05) is 18.8 Å². The van der Waals surface area contributed by atoms with Gasteiger partial charge in [-0.2, -0.15) is 0 Å². The molecule has 100 valence electrons. The van der Waals surface area contributed by atoms with Gasteiger partial charge in [0.15, 0.2) is 0 Å². The summed E-state index contributed by atoms with van der Waals surface area (Å²) in [6.45, 7) is 4.02. The topological polar surface area (TPSA) is 49.4 Å². The Hall–Kier alpha value is -1.23. The van der Waals surface area contributed by atoms with Crippen LogP contribution in [0.2, 0.25) is 0 Å². The van der Waals surface area contributed by atoms with Crippen molar-refractivity contribution in [2.75, 3.05) is 29.0 Å². The number of benzene rings is 1. The lowest BCUT2D eigenvalue weighted by atomic mass is 10.1. The third-order valence-electron chi connectivity index (χ3n) is 3.24. The number of rotatable bonds is 3. The van der Waals surface area contributed by atoms with E-state index in [1.807, 2.05) is 19.1 Å². The molecule has 2 rings (SSSR count). The molecule has 0 aliphatic carbocycles. The van der Waals surface area contributed by atoms with Crippen molar-refractivity contribution in [3.8, 4) is 0 Å². The van der Waals surface area contributed by atoms with E-state index in [9.17, 15) is 8.42 Å². The standard InChI is InChI=1S/C13H20N2O2S/c1-11-6-7-12(15-8-4-3-5-9-15)10-13(11)14-18(2,16)17/h6-7,10,14H,3-5,8-9H2,1-2H3. The van der Waals surface area contributed by atoms with Crippen LogP contribution in [-0.2, 0) is 10.0 Å². The predicted molar refractivity (Wildman–Crippen MR) is 75.7 cm³/mol. The number of hydrogen-bond acceptors (Lipinski definition) is 3. The Morgan fingerprint density at radius 3 is 2.44 bits per heavy atom. The van der Waals surface area contributed by atoms with Gasteiger partial charge in [0.2, 0.25) is 10.0 Å². The van der Waals surface area contributed by atoms with Crippen LogP contribution in [0.3, 0.4) is 0 Å². The van der Waals surface area contributed by atoms with Crippen LogP contribution in [0.1, 0.15) is 24.8 Å². The minimum absolute atomic E-state index is 0.681. The number of nitrogens with zero attached hydrogens (tertiary/aromatic N) is 1. The minimum Gasteiger partial charge on any atom is -0.371 e. The quantitative estimate of drug-likeness (QED) is 0.915. The molecule has 5 heteroatoms. The molecule has 1 fully saturated rings. The van der Waals surface area contributed by atoms with E-state index in [1.165, 1.54) is 25.5 Å². The largest absolute Gasteiger partial charge is 0.371 e. The van der Waals surface area contributed by atoms with E-state index in [4.69, 9.17) is 0 Å². The van der Waals surface area contributed by atoms with Crippen LogP contribution in [0, 0.1) is 6.92 Å². The Bertz CT molecular complexity index is 520. The first-order valence-corrected chi connectivity index (χ1v) is 8.18. The second kappa shape index (κ2) is 5.18. The normalized spacial score (nSPS) is 16.7. The lowest BCUT2D eigenvalue weighted by Crippen LogP contribution is -2.29. The van der Waals surface area contributed by atoms with Crippen LogP contribution in [0.15, 0.2) is 18.2 Å². The average molecular weight is 268 g/mol. The van der Waals surface area contributed by atoms with Gasteiger partial charge in [-0.25, -0.2) is 8.42 Å². The highest BCUT2D eigenvalue weighted by Crippen LogP contribution is 2.26. The zero-order valence-electron chi connectivity index (χ0n) is 10.9. The smallest absolute Gasteiger partial charge is 0.229 e. The fourth-order valence-electron chi connectivity index (χ4n) is 2.27. The fraction of sp³-hybridized carbons (Fsp3) is 0.538. The Morgan fingerprint density at radius 2 is 1.83 bits per heavy atom. The van der Waals surface area contributed by atoms with E-state index in [2.05, 4.69) is 15.7 Å². The molecule has 0 spiro atoms. The molecule has 4 nitrogen and oxygen atoms in total. The van der Waals surface area contributed by atoms with E-state index in [-0.39, 0.29) is 0 Å². The van der Waals surface area contributed by atoms with Gasteiger partial charge in [-0.3, -0.25) is 4.72 Å². The van der Waals surface area contributed by atoms with Crippen LogP contribution >= 0.6 is 0 Å². The molecule has 1 aromatic rings. The fourth-order valence-corrected chi connectivity index (χ4v) is 2.89. The molecule has 1 N–H and O–H groups in total. The first-order chi connectivity index (χ1) is 8.46. The average Bonchev–Trinajstić information content (AvgIpc) is 2.31. The molecule has 0 amide bonds. The van der Waals surface area contributed by atoms with Crippen molar-refractivity contribution in [1.29, 1.82) is 0 Å². The maximum absolute atomic E-state index is 11.3. The maximum atomic E-state index is 11.3. The van der Waals surface area contributed by atoms with Crippen LogP contribution in [-0.4, -0.2) is 27.8 Å². The van der Waals surface area contributed by atoms with E-state index < -0.39 is 10.0 Å². The van der Waals surface area contributed by atoms with E-state index in [0.29, 0.717) is 5.69 Å². The summed E-state index contributed by atoms with van der Waals surface area (Å²) in [5.74, 6) is 0. The van der Waals surface area contributed by atoms with E-state index >= 15 is 0 Å². The molecule has 0 atom stereocenters. The predicted octanol–water partition coefficient (Wildman–Crippen LogP) is 2.36. The van der Waals surface area contributed by atoms with Gasteiger partial charge in [-0.1, -0.05) is 6.07 Å². The van der Waals surface area contributed by atoms with Crippen LogP contribution in [0.5, 0.6) is 0 Å². The van der Waals surface area contributed by atoms with Crippen LogP contribution in [0.4, 0.5) is 11.4 Å². The van der Waals surface area contributed by atoms with Crippen LogP contribution < -0.4 is 9.62 Å². The van der Waals surface area contributed by atoms with Gasteiger partial charge in [0.05, 0.1) is 11.9 Å². The Labute approximate surface area is 109 Å². The second-order valence-electron chi connectivity index (χ2n) is 4.92. The maximum Gasteiger partial charge on any atom is 0.229 e. The van der Waals surface area contributed by atoms with E-state index in [0.717, 1.165) is 24.3 Å². The van der Waals surface area contributed by atoms with Crippen molar-refractivity contribution in [1.82, 2.24) is 0 Å². The first-order valence-electron chi connectivity index (χ1n) is 6.29. The molecule has 1 aromatic carbocycles. The highest BCUT2D eigenvalue weighted by Gasteiger charge is 2.13. The number of aryl methyl sites for hydroxylation is 1. The first kappa shape index (κ1) is 13.2.